The first-order valence-corrected chi connectivity index (χ1v) is 7.21. The molecule has 0 saturated carbocycles. The van der Waals surface area contributed by atoms with Crippen LogP contribution in [0.1, 0.15) is 23.3 Å². The van der Waals surface area contributed by atoms with E-state index in [0.717, 1.165) is 23.3 Å². The largest absolute Gasteiger partial charge is 0.368 e. The molecule has 0 aliphatic carbocycles. The van der Waals surface area contributed by atoms with E-state index in [1.54, 1.807) is 16.2 Å². The van der Waals surface area contributed by atoms with Crippen LogP contribution in [-0.4, -0.2) is 37.1 Å². The van der Waals surface area contributed by atoms with E-state index in [-0.39, 0.29) is 12.0 Å². The van der Waals surface area contributed by atoms with E-state index in [0.29, 0.717) is 19.7 Å². The van der Waals surface area contributed by atoms with Crippen molar-refractivity contribution in [1.29, 1.82) is 0 Å². The Balaban J connectivity index is 1.92. The molecule has 1 aliphatic rings. The summed E-state index contributed by atoms with van der Waals surface area (Å²) in [6.07, 6.45) is 1.56. The van der Waals surface area contributed by atoms with Crippen molar-refractivity contribution in [2.45, 2.75) is 25.5 Å². The van der Waals surface area contributed by atoms with Crippen molar-refractivity contribution in [2.75, 3.05) is 20.2 Å². The molecule has 102 valence electrons. The molecule has 1 fully saturated rings. The van der Waals surface area contributed by atoms with Crippen molar-refractivity contribution in [1.82, 2.24) is 4.90 Å². The quantitative estimate of drug-likeness (QED) is 0.845. The average molecular weight is 278 g/mol. The fourth-order valence-electron chi connectivity index (χ4n) is 2.03. The highest BCUT2D eigenvalue weighted by molar-refractivity contribution is 7.10. The number of nitrogens with two attached hydrogens (primary N) is 1. The summed E-state index contributed by atoms with van der Waals surface area (Å²) in [4.78, 5) is 14.8. The zero-order valence-corrected chi connectivity index (χ0v) is 11.8. The van der Waals surface area contributed by atoms with Crippen LogP contribution >= 0.6 is 11.3 Å². The van der Waals surface area contributed by atoms with Crippen LogP contribution in [0.4, 0.5) is 0 Å². The third kappa shape index (κ3) is 3.80. The molecule has 1 unspecified atom stereocenters. The van der Waals surface area contributed by atoms with E-state index in [4.69, 9.17) is 10.5 Å². The number of hydrogen-bond donors (Lipinski definition) is 1. The van der Waals surface area contributed by atoms with Crippen LogP contribution < -0.4 is 5.73 Å². The van der Waals surface area contributed by atoms with Crippen molar-refractivity contribution < 1.29 is 9.53 Å². The van der Waals surface area contributed by atoms with E-state index in [1.807, 2.05) is 18.5 Å². The number of carbonyl (C=O) groups excluding carboxylic acids is 1. The monoisotopic (exact) mass is 278 g/mol. The van der Waals surface area contributed by atoms with Gasteiger partial charge >= 0.3 is 0 Å². The lowest BCUT2D eigenvalue weighted by Gasteiger charge is -2.19. The summed E-state index contributed by atoms with van der Waals surface area (Å²) in [5.74, 6) is 5.89. The van der Waals surface area contributed by atoms with E-state index < -0.39 is 0 Å². The number of nitrogens with zero attached hydrogens (tertiary/aromatic N) is 1. The topological polar surface area (TPSA) is 55.6 Å². The Bertz CT molecular complexity index is 495. The second-order valence-corrected chi connectivity index (χ2v) is 5.43. The Hall–Kier alpha value is -1.35. The number of ether oxygens (including phenoxy) is 1. The van der Waals surface area contributed by atoms with Gasteiger partial charge in [0.1, 0.15) is 6.10 Å². The molecule has 0 aromatic carbocycles. The number of rotatable bonds is 3. The number of hydrogen-bond acceptors (Lipinski definition) is 4. The SMILES string of the molecule is CN(Cc1csc(C#CCN)c1)C(=O)C1CCCO1. The maximum absolute atomic E-state index is 12.1. The van der Waals surface area contributed by atoms with Gasteiger partial charge < -0.3 is 15.4 Å². The molecular formula is C14H18N2O2S. The molecule has 1 aliphatic heterocycles. The number of amides is 1. The Labute approximate surface area is 117 Å². The van der Waals surface area contributed by atoms with E-state index in [9.17, 15) is 4.79 Å². The second-order valence-electron chi connectivity index (χ2n) is 4.52. The van der Waals surface area contributed by atoms with Gasteiger partial charge in [-0.3, -0.25) is 4.79 Å². The summed E-state index contributed by atoms with van der Waals surface area (Å²) in [5.41, 5.74) is 6.44. The highest BCUT2D eigenvalue weighted by atomic mass is 32.1. The molecule has 5 heteroatoms. The van der Waals surface area contributed by atoms with Gasteiger partial charge in [0, 0.05) is 20.2 Å². The van der Waals surface area contributed by atoms with Gasteiger partial charge in [-0.2, -0.15) is 0 Å². The number of likely N-dealkylation sites (N-methyl/N-ethyl adjacent to an activating group) is 1. The molecule has 0 radical (unpaired) electrons. The number of carbonyl (C=O) groups is 1. The molecule has 4 nitrogen and oxygen atoms in total. The molecule has 19 heavy (non-hydrogen) atoms. The lowest BCUT2D eigenvalue weighted by molar-refractivity contribution is -0.140. The van der Waals surface area contributed by atoms with Gasteiger partial charge in [0.25, 0.3) is 5.91 Å². The van der Waals surface area contributed by atoms with Crippen LogP contribution in [-0.2, 0) is 16.1 Å². The fourth-order valence-corrected chi connectivity index (χ4v) is 2.80. The van der Waals surface area contributed by atoms with Gasteiger partial charge in [-0.15, -0.1) is 11.3 Å². The van der Waals surface area contributed by atoms with Crippen LogP contribution in [0.5, 0.6) is 0 Å². The van der Waals surface area contributed by atoms with E-state index in [1.165, 1.54) is 0 Å². The maximum Gasteiger partial charge on any atom is 0.251 e. The molecule has 2 rings (SSSR count). The molecule has 0 bridgehead atoms. The van der Waals surface area contributed by atoms with E-state index in [2.05, 4.69) is 11.8 Å². The zero-order valence-electron chi connectivity index (χ0n) is 11.0. The molecule has 2 N–H and O–H groups in total. The van der Waals surface area contributed by atoms with Crippen molar-refractivity contribution >= 4 is 17.2 Å². The zero-order chi connectivity index (χ0) is 13.7. The summed E-state index contributed by atoms with van der Waals surface area (Å²) in [6.45, 7) is 1.66. The summed E-state index contributed by atoms with van der Waals surface area (Å²) < 4.78 is 5.41. The lowest BCUT2D eigenvalue weighted by atomic mass is 10.2. The summed E-state index contributed by atoms with van der Waals surface area (Å²) in [7, 11) is 1.81. The maximum atomic E-state index is 12.1. The second kappa shape index (κ2) is 6.71. The highest BCUT2D eigenvalue weighted by Crippen LogP contribution is 2.18. The molecule has 1 saturated heterocycles. The average Bonchev–Trinajstić information content (AvgIpc) is 3.06. The first kappa shape index (κ1) is 14.1. The van der Waals surface area contributed by atoms with Crippen LogP contribution in [0, 0.1) is 11.8 Å². The molecule has 1 aromatic rings. The van der Waals surface area contributed by atoms with Crippen LogP contribution in [0.3, 0.4) is 0 Å². The summed E-state index contributed by atoms with van der Waals surface area (Å²) in [5, 5.41) is 2.03. The predicted octanol–water partition coefficient (Wildman–Crippen LogP) is 1.20. The van der Waals surface area contributed by atoms with Gasteiger partial charge in [-0.05, 0) is 29.9 Å². The van der Waals surface area contributed by atoms with E-state index >= 15 is 0 Å². The molecule has 0 spiro atoms. The standard InChI is InChI=1S/C14H18N2O2S/c1-16(14(17)13-5-3-7-18-13)9-11-8-12(19-10-11)4-2-6-15/h8,10,13H,3,5-7,9,15H2,1H3. The van der Waals surface area contributed by atoms with Crippen molar-refractivity contribution in [3.63, 3.8) is 0 Å². The van der Waals surface area contributed by atoms with Crippen LogP contribution in [0.15, 0.2) is 11.4 Å². The minimum atomic E-state index is -0.250. The first-order valence-electron chi connectivity index (χ1n) is 6.33. The minimum Gasteiger partial charge on any atom is -0.368 e. The van der Waals surface area contributed by atoms with Crippen molar-refractivity contribution in [2.24, 2.45) is 5.73 Å². The molecule has 1 atom stereocenters. The predicted molar refractivity (Wildman–Crippen MR) is 75.7 cm³/mol. The Kier molecular flexibility index (Phi) is 4.97. The van der Waals surface area contributed by atoms with Crippen LogP contribution in [0.25, 0.3) is 0 Å². The minimum absolute atomic E-state index is 0.0679. The Morgan fingerprint density at radius 3 is 3.21 bits per heavy atom. The van der Waals surface area contributed by atoms with Gasteiger partial charge in [0.15, 0.2) is 0 Å². The van der Waals surface area contributed by atoms with Crippen molar-refractivity contribution in [3.05, 3.63) is 21.9 Å². The summed E-state index contributed by atoms with van der Waals surface area (Å²) >= 11 is 1.58. The smallest absolute Gasteiger partial charge is 0.251 e. The summed E-state index contributed by atoms with van der Waals surface area (Å²) in [6, 6.07) is 2.01. The number of thiophene rings is 1. The van der Waals surface area contributed by atoms with Gasteiger partial charge in [0.2, 0.25) is 0 Å². The third-order valence-corrected chi connectivity index (χ3v) is 3.86. The first-order chi connectivity index (χ1) is 9.20. The molecular weight excluding hydrogens is 260 g/mol. The third-order valence-electron chi connectivity index (χ3n) is 2.97. The molecule has 1 aromatic heterocycles. The van der Waals surface area contributed by atoms with Gasteiger partial charge in [0.05, 0.1) is 11.4 Å². The fraction of sp³-hybridized carbons (Fsp3) is 0.500. The highest BCUT2D eigenvalue weighted by Gasteiger charge is 2.26. The van der Waals surface area contributed by atoms with Crippen molar-refractivity contribution in [3.8, 4) is 11.8 Å². The Morgan fingerprint density at radius 2 is 2.53 bits per heavy atom. The molecule has 2 heterocycles. The van der Waals surface area contributed by atoms with Gasteiger partial charge in [-0.25, -0.2) is 0 Å². The van der Waals surface area contributed by atoms with Crippen LogP contribution in [0.2, 0.25) is 0 Å². The Morgan fingerprint density at radius 1 is 1.68 bits per heavy atom. The normalized spacial score (nSPS) is 17.9. The molecule has 1 amide bonds. The lowest BCUT2D eigenvalue weighted by Crippen LogP contribution is -2.35. The van der Waals surface area contributed by atoms with Gasteiger partial charge in [-0.1, -0.05) is 11.8 Å².